The number of aliphatic imine (C=N–C) groups is 1. The number of aromatic nitrogens is 2. The summed E-state index contributed by atoms with van der Waals surface area (Å²) in [5, 5.41) is 22.8. The number of hydrogen-bond donors (Lipinski definition) is 5. The van der Waals surface area contributed by atoms with Crippen LogP contribution < -0.4 is 17.2 Å². The first-order valence-corrected chi connectivity index (χ1v) is 8.45. The van der Waals surface area contributed by atoms with Crippen molar-refractivity contribution >= 4 is 23.4 Å². The van der Waals surface area contributed by atoms with Crippen molar-refractivity contribution in [1.82, 2.24) is 9.78 Å². The van der Waals surface area contributed by atoms with Crippen LogP contribution in [0.3, 0.4) is 0 Å². The standard InChI is InChI=1S/C18H24N6O2/c19-14-3-2-13(10-12(14)4-8-25)18(5-1-6-22-18)11-15-16(20)17(21)24(23-15)7-9-26/h1-3,5-6,10,25-26H,4,7-9,11,19-21H2. The lowest BCUT2D eigenvalue weighted by Gasteiger charge is -2.25. The smallest absolute Gasteiger partial charge is 0.145 e. The summed E-state index contributed by atoms with van der Waals surface area (Å²) in [6.45, 7) is 0.232. The maximum absolute atomic E-state index is 9.26. The lowest BCUT2D eigenvalue weighted by Crippen LogP contribution is -2.24. The molecule has 0 fully saturated rings. The lowest BCUT2D eigenvalue weighted by molar-refractivity contribution is 0.270. The van der Waals surface area contributed by atoms with Gasteiger partial charge in [-0.1, -0.05) is 18.2 Å². The molecule has 8 nitrogen and oxygen atoms in total. The Labute approximate surface area is 151 Å². The van der Waals surface area contributed by atoms with E-state index in [1.165, 1.54) is 4.68 Å². The van der Waals surface area contributed by atoms with Gasteiger partial charge in [-0.2, -0.15) is 5.10 Å². The van der Waals surface area contributed by atoms with Crippen molar-refractivity contribution in [3.8, 4) is 0 Å². The number of benzene rings is 1. The van der Waals surface area contributed by atoms with Gasteiger partial charge in [0.2, 0.25) is 0 Å². The Bertz CT molecular complexity index is 844. The third-order valence-electron chi connectivity index (χ3n) is 4.64. The van der Waals surface area contributed by atoms with Crippen molar-refractivity contribution in [1.29, 1.82) is 0 Å². The molecule has 8 N–H and O–H groups in total. The highest BCUT2D eigenvalue weighted by molar-refractivity contribution is 5.76. The molecule has 1 atom stereocenters. The fourth-order valence-corrected chi connectivity index (χ4v) is 3.20. The van der Waals surface area contributed by atoms with Crippen molar-refractivity contribution in [2.24, 2.45) is 4.99 Å². The SMILES string of the molecule is Nc1ccc(C2(Cc3nn(CCO)c(N)c3N)C=CC=N2)cc1CCO. The first kappa shape index (κ1) is 18.0. The van der Waals surface area contributed by atoms with E-state index in [2.05, 4.69) is 10.1 Å². The van der Waals surface area contributed by atoms with E-state index in [1.54, 1.807) is 6.21 Å². The molecular weight excluding hydrogens is 332 g/mol. The molecule has 2 heterocycles. The zero-order valence-corrected chi connectivity index (χ0v) is 14.5. The van der Waals surface area contributed by atoms with Crippen molar-refractivity contribution in [3.05, 3.63) is 47.2 Å². The summed E-state index contributed by atoms with van der Waals surface area (Å²) in [6.07, 6.45) is 6.51. The highest BCUT2D eigenvalue weighted by atomic mass is 16.3. The van der Waals surface area contributed by atoms with E-state index in [1.807, 2.05) is 30.4 Å². The third kappa shape index (κ3) is 3.16. The molecular formula is C18H24N6O2. The minimum atomic E-state index is -0.656. The molecule has 0 bridgehead atoms. The monoisotopic (exact) mass is 356 g/mol. The van der Waals surface area contributed by atoms with E-state index in [0.717, 1.165) is 11.1 Å². The molecule has 8 heteroatoms. The molecule has 3 rings (SSSR count). The number of aliphatic hydroxyl groups excluding tert-OH is 2. The van der Waals surface area contributed by atoms with Crippen molar-refractivity contribution in [2.75, 3.05) is 30.4 Å². The Morgan fingerprint density at radius 2 is 1.92 bits per heavy atom. The fourth-order valence-electron chi connectivity index (χ4n) is 3.20. The molecule has 0 spiro atoms. The summed E-state index contributed by atoms with van der Waals surface area (Å²) in [6, 6.07) is 5.71. The van der Waals surface area contributed by atoms with Gasteiger partial charge in [-0.05, 0) is 29.7 Å². The topological polar surface area (TPSA) is 149 Å². The largest absolute Gasteiger partial charge is 0.399 e. The number of nitrogens with two attached hydrogens (primary N) is 3. The molecule has 26 heavy (non-hydrogen) atoms. The zero-order valence-electron chi connectivity index (χ0n) is 14.5. The number of allylic oxidation sites excluding steroid dienone is 1. The predicted molar refractivity (Wildman–Crippen MR) is 103 cm³/mol. The average Bonchev–Trinajstić information content (AvgIpc) is 3.20. The third-order valence-corrected chi connectivity index (χ3v) is 4.64. The summed E-state index contributed by atoms with van der Waals surface area (Å²) in [7, 11) is 0. The van der Waals surface area contributed by atoms with E-state index in [4.69, 9.17) is 22.3 Å². The number of hydrogen-bond acceptors (Lipinski definition) is 7. The number of nitrogens with zero attached hydrogens (tertiary/aromatic N) is 3. The quantitative estimate of drug-likeness (QED) is 0.449. The van der Waals surface area contributed by atoms with E-state index < -0.39 is 5.54 Å². The summed E-state index contributed by atoms with van der Waals surface area (Å²) in [5.74, 6) is 0.341. The molecule has 0 amide bonds. The fraction of sp³-hybridized carbons (Fsp3) is 0.333. The van der Waals surface area contributed by atoms with Gasteiger partial charge >= 0.3 is 0 Å². The molecule has 0 saturated heterocycles. The molecule has 0 aliphatic carbocycles. The number of aliphatic hydroxyl groups is 2. The molecule has 0 saturated carbocycles. The van der Waals surface area contributed by atoms with Crippen LogP contribution in [-0.2, 0) is 24.9 Å². The number of nitrogen functional groups attached to an aromatic ring is 3. The van der Waals surface area contributed by atoms with Gasteiger partial charge in [-0.3, -0.25) is 4.99 Å². The van der Waals surface area contributed by atoms with Gasteiger partial charge in [-0.25, -0.2) is 4.68 Å². The summed E-state index contributed by atoms with van der Waals surface area (Å²) >= 11 is 0. The van der Waals surface area contributed by atoms with Crippen LogP contribution in [0.15, 0.2) is 35.3 Å². The summed E-state index contributed by atoms with van der Waals surface area (Å²) < 4.78 is 1.50. The second-order valence-corrected chi connectivity index (χ2v) is 6.32. The van der Waals surface area contributed by atoms with Crippen LogP contribution in [0.1, 0.15) is 16.8 Å². The first-order chi connectivity index (χ1) is 12.5. The van der Waals surface area contributed by atoms with Gasteiger partial charge in [0, 0.05) is 24.9 Å². The molecule has 1 aliphatic heterocycles. The van der Waals surface area contributed by atoms with Gasteiger partial charge in [-0.15, -0.1) is 0 Å². The van der Waals surface area contributed by atoms with Crippen LogP contribution in [0, 0.1) is 0 Å². The Balaban J connectivity index is 2.00. The number of anilines is 3. The molecule has 0 radical (unpaired) electrons. The lowest BCUT2D eigenvalue weighted by atomic mass is 9.85. The second kappa shape index (κ2) is 7.19. The van der Waals surface area contributed by atoms with Crippen molar-refractivity contribution in [2.45, 2.75) is 24.9 Å². The Morgan fingerprint density at radius 3 is 2.58 bits per heavy atom. The second-order valence-electron chi connectivity index (χ2n) is 6.32. The molecule has 1 aromatic heterocycles. The van der Waals surface area contributed by atoms with Gasteiger partial charge in [0.15, 0.2) is 0 Å². The van der Waals surface area contributed by atoms with Crippen LogP contribution in [0.25, 0.3) is 0 Å². The maximum atomic E-state index is 9.26. The Morgan fingerprint density at radius 1 is 1.12 bits per heavy atom. The molecule has 1 unspecified atom stereocenters. The highest BCUT2D eigenvalue weighted by Gasteiger charge is 2.33. The van der Waals surface area contributed by atoms with E-state index in [-0.39, 0.29) is 19.8 Å². The van der Waals surface area contributed by atoms with Gasteiger partial charge in [0.25, 0.3) is 0 Å². The number of rotatable bonds is 7. The molecule has 1 aliphatic rings. The van der Waals surface area contributed by atoms with Gasteiger partial charge in [0.05, 0.1) is 24.5 Å². The Hall–Kier alpha value is -2.84. The Kier molecular flexibility index (Phi) is 4.97. The van der Waals surface area contributed by atoms with Crippen LogP contribution in [0.4, 0.5) is 17.2 Å². The summed E-state index contributed by atoms with van der Waals surface area (Å²) in [5.41, 5.74) is 21.0. The maximum Gasteiger partial charge on any atom is 0.145 e. The first-order valence-electron chi connectivity index (χ1n) is 8.45. The minimum absolute atomic E-state index is 0.0226. The van der Waals surface area contributed by atoms with E-state index in [0.29, 0.717) is 35.7 Å². The highest BCUT2D eigenvalue weighted by Crippen LogP contribution is 2.37. The summed E-state index contributed by atoms with van der Waals surface area (Å²) in [4.78, 5) is 4.66. The van der Waals surface area contributed by atoms with E-state index >= 15 is 0 Å². The van der Waals surface area contributed by atoms with Gasteiger partial charge < -0.3 is 27.4 Å². The van der Waals surface area contributed by atoms with Crippen molar-refractivity contribution in [3.63, 3.8) is 0 Å². The minimum Gasteiger partial charge on any atom is -0.399 e. The van der Waals surface area contributed by atoms with Crippen LogP contribution in [-0.4, -0.2) is 39.4 Å². The van der Waals surface area contributed by atoms with Crippen LogP contribution >= 0.6 is 0 Å². The average molecular weight is 356 g/mol. The predicted octanol–water partition coefficient (Wildman–Crippen LogP) is 0.235. The van der Waals surface area contributed by atoms with Crippen LogP contribution in [0.2, 0.25) is 0 Å². The molecule has 2 aromatic rings. The van der Waals surface area contributed by atoms with Crippen molar-refractivity contribution < 1.29 is 10.2 Å². The van der Waals surface area contributed by atoms with Gasteiger partial charge in [0.1, 0.15) is 11.4 Å². The van der Waals surface area contributed by atoms with E-state index in [9.17, 15) is 5.11 Å². The molecule has 138 valence electrons. The zero-order chi connectivity index (χ0) is 18.7. The van der Waals surface area contributed by atoms with Crippen LogP contribution in [0.5, 0.6) is 0 Å². The molecule has 1 aromatic carbocycles. The normalized spacial score (nSPS) is 18.7.